The highest BCUT2D eigenvalue weighted by Crippen LogP contribution is 2.37. The summed E-state index contributed by atoms with van der Waals surface area (Å²) in [7, 11) is 0. The molecule has 0 aliphatic carbocycles. The summed E-state index contributed by atoms with van der Waals surface area (Å²) < 4.78 is 40.6. The summed E-state index contributed by atoms with van der Waals surface area (Å²) in [6, 6.07) is 5.61. The Kier molecular flexibility index (Phi) is 3.90. The third-order valence-electron chi connectivity index (χ3n) is 5.40. The van der Waals surface area contributed by atoms with Crippen molar-refractivity contribution in [3.63, 3.8) is 0 Å². The predicted molar refractivity (Wildman–Crippen MR) is 98.6 cm³/mol. The van der Waals surface area contributed by atoms with Crippen LogP contribution in [0.5, 0.6) is 0 Å². The van der Waals surface area contributed by atoms with E-state index < -0.39 is 11.7 Å². The fourth-order valence-electron chi connectivity index (χ4n) is 4.06. The first-order valence-corrected chi connectivity index (χ1v) is 9.12. The highest BCUT2D eigenvalue weighted by molar-refractivity contribution is 5.82. The zero-order valence-electron chi connectivity index (χ0n) is 14.8. The summed E-state index contributed by atoms with van der Waals surface area (Å²) in [4.78, 5) is 10.4. The van der Waals surface area contributed by atoms with Gasteiger partial charge in [-0.1, -0.05) is 0 Å². The van der Waals surface area contributed by atoms with E-state index in [2.05, 4.69) is 35.7 Å². The number of anilines is 3. The second-order valence-corrected chi connectivity index (χ2v) is 7.18. The van der Waals surface area contributed by atoms with Crippen molar-refractivity contribution in [1.29, 1.82) is 0 Å². The largest absolute Gasteiger partial charge is 0.421 e. The Morgan fingerprint density at radius 3 is 2.64 bits per heavy atom. The van der Waals surface area contributed by atoms with Crippen LogP contribution in [-0.4, -0.2) is 45.3 Å². The molecule has 7 nitrogen and oxygen atoms in total. The van der Waals surface area contributed by atoms with Crippen LogP contribution in [0.3, 0.4) is 0 Å². The number of aromatic amines is 1. The van der Waals surface area contributed by atoms with Gasteiger partial charge in [0.2, 0.25) is 5.95 Å². The quantitative estimate of drug-likeness (QED) is 0.639. The standard InChI is InChI=1S/C18H18F3N7/c19-18(20,21)14-9-23-17(28-12-2-3-13(28)8-22-7-12)26-16(14)25-11-1-4-15-10(5-11)6-24-27-15/h1,4-6,9,12-13,22H,2-3,7-8H2,(H,24,27)(H,23,25,26). The number of fused-ring (bicyclic) bond motifs is 3. The maximum atomic E-state index is 13.5. The van der Waals surface area contributed by atoms with Gasteiger partial charge in [0.25, 0.3) is 0 Å². The molecule has 2 fully saturated rings. The molecular weight excluding hydrogens is 371 g/mol. The average molecular weight is 389 g/mol. The SMILES string of the molecule is FC(F)(F)c1cnc(N2C3CCC2CNC3)nc1Nc1ccc2[nH]ncc2c1. The lowest BCUT2D eigenvalue weighted by atomic mass is 10.2. The van der Waals surface area contributed by atoms with E-state index in [4.69, 9.17) is 0 Å². The van der Waals surface area contributed by atoms with Crippen molar-refractivity contribution in [2.24, 2.45) is 0 Å². The summed E-state index contributed by atoms with van der Waals surface area (Å²) in [5.74, 6) is 0.104. The third kappa shape index (κ3) is 2.93. The zero-order chi connectivity index (χ0) is 19.3. The van der Waals surface area contributed by atoms with Crippen LogP contribution >= 0.6 is 0 Å². The molecule has 2 saturated heterocycles. The van der Waals surface area contributed by atoms with Crippen molar-refractivity contribution < 1.29 is 13.2 Å². The third-order valence-corrected chi connectivity index (χ3v) is 5.40. The van der Waals surface area contributed by atoms with Gasteiger partial charge in [0.05, 0.1) is 11.7 Å². The first-order valence-electron chi connectivity index (χ1n) is 9.12. The van der Waals surface area contributed by atoms with Gasteiger partial charge in [-0.2, -0.15) is 23.3 Å². The number of hydrogen-bond donors (Lipinski definition) is 3. The minimum Gasteiger partial charge on any atom is -0.340 e. The molecule has 1 aromatic carbocycles. The highest BCUT2D eigenvalue weighted by Gasteiger charge is 2.40. The lowest BCUT2D eigenvalue weighted by Gasteiger charge is -2.35. The number of nitrogens with zero attached hydrogens (tertiary/aromatic N) is 4. The Balaban J connectivity index is 1.54. The van der Waals surface area contributed by atoms with E-state index in [0.29, 0.717) is 11.6 Å². The second kappa shape index (κ2) is 6.33. The van der Waals surface area contributed by atoms with Gasteiger partial charge in [-0.3, -0.25) is 5.10 Å². The number of halogens is 3. The second-order valence-electron chi connectivity index (χ2n) is 7.18. The number of rotatable bonds is 3. The fourth-order valence-corrected chi connectivity index (χ4v) is 4.06. The van der Waals surface area contributed by atoms with Gasteiger partial charge in [0, 0.05) is 42.4 Å². The average Bonchev–Trinajstić information content (AvgIpc) is 3.22. The Morgan fingerprint density at radius 2 is 1.89 bits per heavy atom. The monoisotopic (exact) mass is 389 g/mol. The number of hydrogen-bond acceptors (Lipinski definition) is 6. The first kappa shape index (κ1) is 17.2. The normalized spacial score (nSPS) is 22.0. The molecule has 0 spiro atoms. The van der Waals surface area contributed by atoms with Crippen molar-refractivity contribution in [3.05, 3.63) is 36.2 Å². The van der Waals surface area contributed by atoms with Crippen LogP contribution in [-0.2, 0) is 6.18 Å². The van der Waals surface area contributed by atoms with Gasteiger partial charge in [-0.15, -0.1) is 0 Å². The van der Waals surface area contributed by atoms with Crippen molar-refractivity contribution in [2.45, 2.75) is 31.1 Å². The lowest BCUT2D eigenvalue weighted by Crippen LogP contribution is -2.52. The molecule has 3 N–H and O–H groups in total. The minimum atomic E-state index is -4.55. The Morgan fingerprint density at radius 1 is 1.11 bits per heavy atom. The predicted octanol–water partition coefficient (Wildman–Crippen LogP) is 3.06. The molecule has 2 aromatic heterocycles. The van der Waals surface area contributed by atoms with E-state index in [1.165, 1.54) is 0 Å². The highest BCUT2D eigenvalue weighted by atomic mass is 19.4. The summed E-state index contributed by atoms with van der Waals surface area (Å²) in [5.41, 5.74) is 0.431. The molecule has 146 valence electrons. The van der Waals surface area contributed by atoms with Crippen molar-refractivity contribution in [2.75, 3.05) is 23.3 Å². The summed E-state index contributed by atoms with van der Waals surface area (Å²) in [6.07, 6.45) is -0.0789. The fraction of sp³-hybridized carbons (Fsp3) is 0.389. The number of nitrogens with one attached hydrogen (secondary N) is 3. The van der Waals surface area contributed by atoms with E-state index in [1.807, 2.05) is 0 Å². The number of alkyl halides is 3. The van der Waals surface area contributed by atoms with E-state index in [9.17, 15) is 13.2 Å². The van der Waals surface area contributed by atoms with E-state index in [0.717, 1.165) is 43.0 Å². The summed E-state index contributed by atoms with van der Waals surface area (Å²) >= 11 is 0. The van der Waals surface area contributed by atoms with Crippen LogP contribution in [0.25, 0.3) is 10.9 Å². The molecular formula is C18H18F3N7. The van der Waals surface area contributed by atoms with E-state index >= 15 is 0 Å². The summed E-state index contributed by atoms with van der Waals surface area (Å²) in [5, 5.41) is 13.7. The molecule has 0 radical (unpaired) electrons. The van der Waals surface area contributed by atoms with Gasteiger partial charge < -0.3 is 15.5 Å². The molecule has 2 bridgehead atoms. The van der Waals surface area contributed by atoms with Crippen LogP contribution < -0.4 is 15.5 Å². The number of H-pyrrole nitrogens is 1. The Hall–Kier alpha value is -2.88. The maximum absolute atomic E-state index is 13.5. The lowest BCUT2D eigenvalue weighted by molar-refractivity contribution is -0.137. The van der Waals surface area contributed by atoms with E-state index in [-0.39, 0.29) is 17.9 Å². The van der Waals surface area contributed by atoms with Gasteiger partial charge in [0.15, 0.2) is 0 Å². The summed E-state index contributed by atoms with van der Waals surface area (Å²) in [6.45, 7) is 1.58. The molecule has 4 heterocycles. The minimum absolute atomic E-state index is 0.214. The van der Waals surface area contributed by atoms with Gasteiger partial charge in [-0.25, -0.2) is 4.98 Å². The molecule has 2 aliphatic rings. The first-order chi connectivity index (χ1) is 13.5. The molecule has 2 unspecified atom stereocenters. The number of benzene rings is 1. The van der Waals surface area contributed by atoms with Crippen molar-refractivity contribution in [3.8, 4) is 0 Å². The zero-order valence-corrected chi connectivity index (χ0v) is 14.8. The maximum Gasteiger partial charge on any atom is 0.421 e. The smallest absolute Gasteiger partial charge is 0.340 e. The van der Waals surface area contributed by atoms with Crippen LogP contribution in [0.1, 0.15) is 18.4 Å². The Labute approximate surface area is 158 Å². The topological polar surface area (TPSA) is 81.8 Å². The van der Waals surface area contributed by atoms with Crippen LogP contribution in [0.15, 0.2) is 30.6 Å². The molecule has 2 aliphatic heterocycles. The van der Waals surface area contributed by atoms with E-state index in [1.54, 1.807) is 24.4 Å². The molecule has 5 rings (SSSR count). The molecule has 0 saturated carbocycles. The molecule has 3 aromatic rings. The van der Waals surface area contributed by atoms with Crippen molar-refractivity contribution in [1.82, 2.24) is 25.5 Å². The van der Waals surface area contributed by atoms with Crippen molar-refractivity contribution >= 4 is 28.4 Å². The Bertz CT molecular complexity index is 1000. The van der Waals surface area contributed by atoms with Gasteiger partial charge >= 0.3 is 6.18 Å². The van der Waals surface area contributed by atoms with Crippen LogP contribution in [0.4, 0.5) is 30.6 Å². The molecule has 0 amide bonds. The van der Waals surface area contributed by atoms with Crippen LogP contribution in [0.2, 0.25) is 0 Å². The number of piperazine rings is 1. The molecule has 28 heavy (non-hydrogen) atoms. The number of aromatic nitrogens is 4. The molecule has 10 heteroatoms. The molecule has 2 atom stereocenters. The van der Waals surface area contributed by atoms with Gasteiger partial charge in [0.1, 0.15) is 11.4 Å². The van der Waals surface area contributed by atoms with Gasteiger partial charge in [-0.05, 0) is 31.0 Å². The van der Waals surface area contributed by atoms with Crippen LogP contribution in [0, 0.1) is 0 Å².